The maximum absolute atomic E-state index is 4.23. The standard InChI is InChI=1S/C13H20N6S.HI/c1-11-16-9-12(20-11)10-17-13(14-2)15-5-3-7-19-8-4-6-18-19;/h4,6,8-9H,3,5,7,10H2,1-2H3,(H2,14,15,17);1H. The molecule has 2 aromatic heterocycles. The van der Waals surface area contributed by atoms with Gasteiger partial charge in [-0.3, -0.25) is 9.67 Å². The molecule has 0 aromatic carbocycles. The van der Waals surface area contributed by atoms with Gasteiger partial charge in [0.25, 0.3) is 0 Å². The average Bonchev–Trinajstić information content (AvgIpc) is 3.09. The Bertz CT molecular complexity index is 537. The molecule has 0 amide bonds. The summed E-state index contributed by atoms with van der Waals surface area (Å²) in [7, 11) is 1.78. The van der Waals surface area contributed by atoms with E-state index in [0.29, 0.717) is 0 Å². The Kier molecular flexibility index (Phi) is 8.28. The van der Waals surface area contributed by atoms with Crippen molar-refractivity contribution in [2.45, 2.75) is 26.4 Å². The largest absolute Gasteiger partial charge is 0.356 e. The zero-order valence-corrected chi connectivity index (χ0v) is 15.4. The van der Waals surface area contributed by atoms with Crippen LogP contribution in [0.1, 0.15) is 16.3 Å². The molecule has 2 aromatic rings. The Morgan fingerprint density at radius 2 is 2.29 bits per heavy atom. The van der Waals surface area contributed by atoms with Crippen LogP contribution in [0.15, 0.2) is 29.6 Å². The first-order valence-corrected chi connectivity index (χ1v) is 7.43. The van der Waals surface area contributed by atoms with Crippen molar-refractivity contribution in [3.63, 3.8) is 0 Å². The third-order valence-electron chi connectivity index (χ3n) is 2.74. The number of guanidine groups is 1. The van der Waals surface area contributed by atoms with E-state index in [-0.39, 0.29) is 24.0 Å². The summed E-state index contributed by atoms with van der Waals surface area (Å²) in [6.45, 7) is 4.53. The smallest absolute Gasteiger partial charge is 0.191 e. The predicted molar refractivity (Wildman–Crippen MR) is 97.3 cm³/mol. The second kappa shape index (κ2) is 9.72. The van der Waals surface area contributed by atoms with Crippen LogP contribution in [0.4, 0.5) is 0 Å². The van der Waals surface area contributed by atoms with Gasteiger partial charge in [-0.05, 0) is 19.4 Å². The number of rotatable bonds is 6. The third kappa shape index (κ3) is 6.42. The summed E-state index contributed by atoms with van der Waals surface area (Å²) in [6.07, 6.45) is 6.67. The molecule has 0 radical (unpaired) electrons. The molecule has 0 saturated heterocycles. The van der Waals surface area contributed by atoms with Crippen LogP contribution in [0.3, 0.4) is 0 Å². The fourth-order valence-corrected chi connectivity index (χ4v) is 2.49. The lowest BCUT2D eigenvalue weighted by molar-refractivity contribution is 0.570. The van der Waals surface area contributed by atoms with Crippen LogP contribution in [0.5, 0.6) is 0 Å². The second-order valence-electron chi connectivity index (χ2n) is 4.32. The van der Waals surface area contributed by atoms with Crippen molar-refractivity contribution < 1.29 is 0 Å². The predicted octanol–water partition coefficient (Wildman–Crippen LogP) is 2.02. The first kappa shape index (κ1) is 17.9. The maximum atomic E-state index is 4.23. The summed E-state index contributed by atoms with van der Waals surface area (Å²) >= 11 is 1.70. The van der Waals surface area contributed by atoms with Gasteiger partial charge in [0, 0.05) is 43.6 Å². The highest BCUT2D eigenvalue weighted by atomic mass is 127. The van der Waals surface area contributed by atoms with Crippen LogP contribution in [0.25, 0.3) is 0 Å². The summed E-state index contributed by atoms with van der Waals surface area (Å²) < 4.78 is 1.93. The lowest BCUT2D eigenvalue weighted by Crippen LogP contribution is -2.37. The molecule has 0 saturated carbocycles. The van der Waals surface area contributed by atoms with Gasteiger partial charge in [0.1, 0.15) is 0 Å². The van der Waals surface area contributed by atoms with E-state index in [0.717, 1.165) is 37.0 Å². The number of hydrogen-bond acceptors (Lipinski definition) is 4. The number of nitrogens with one attached hydrogen (secondary N) is 2. The molecule has 0 atom stereocenters. The van der Waals surface area contributed by atoms with E-state index in [1.54, 1.807) is 24.6 Å². The van der Waals surface area contributed by atoms with Gasteiger partial charge in [0.2, 0.25) is 0 Å². The molecule has 0 spiro atoms. The molecule has 21 heavy (non-hydrogen) atoms. The van der Waals surface area contributed by atoms with Gasteiger partial charge >= 0.3 is 0 Å². The Labute approximate surface area is 146 Å². The molecular formula is C13H21IN6S. The van der Waals surface area contributed by atoms with Crippen molar-refractivity contribution in [1.82, 2.24) is 25.4 Å². The summed E-state index contributed by atoms with van der Waals surface area (Å²) in [5, 5.41) is 11.8. The molecule has 116 valence electrons. The number of aryl methyl sites for hydroxylation is 2. The number of aromatic nitrogens is 3. The highest BCUT2D eigenvalue weighted by molar-refractivity contribution is 14.0. The van der Waals surface area contributed by atoms with E-state index in [4.69, 9.17) is 0 Å². The quantitative estimate of drug-likeness (QED) is 0.325. The molecule has 2 rings (SSSR count). The first-order valence-electron chi connectivity index (χ1n) is 6.61. The second-order valence-corrected chi connectivity index (χ2v) is 5.64. The molecular weight excluding hydrogens is 399 g/mol. The minimum absolute atomic E-state index is 0. The van der Waals surface area contributed by atoms with Crippen LogP contribution < -0.4 is 10.6 Å². The topological polar surface area (TPSA) is 67.1 Å². The SMILES string of the molecule is CN=C(NCCCn1cccn1)NCc1cnc(C)s1.I. The fraction of sp³-hybridized carbons (Fsp3) is 0.462. The van der Waals surface area contributed by atoms with Crippen molar-refractivity contribution in [2.24, 2.45) is 4.99 Å². The lowest BCUT2D eigenvalue weighted by Gasteiger charge is -2.10. The van der Waals surface area contributed by atoms with Crippen LogP contribution >= 0.6 is 35.3 Å². The molecule has 0 aliphatic heterocycles. The average molecular weight is 420 g/mol. The van der Waals surface area contributed by atoms with Gasteiger partial charge in [-0.15, -0.1) is 35.3 Å². The molecule has 2 heterocycles. The third-order valence-corrected chi connectivity index (χ3v) is 3.65. The van der Waals surface area contributed by atoms with Gasteiger partial charge in [-0.2, -0.15) is 5.10 Å². The van der Waals surface area contributed by atoms with E-state index in [9.17, 15) is 0 Å². The Balaban J connectivity index is 0.00000220. The summed E-state index contributed by atoms with van der Waals surface area (Å²) in [5.74, 6) is 0.816. The molecule has 0 unspecified atom stereocenters. The Morgan fingerprint density at radius 1 is 1.43 bits per heavy atom. The van der Waals surface area contributed by atoms with Crippen molar-refractivity contribution in [2.75, 3.05) is 13.6 Å². The minimum Gasteiger partial charge on any atom is -0.356 e. The van der Waals surface area contributed by atoms with Gasteiger partial charge < -0.3 is 10.6 Å². The van der Waals surface area contributed by atoms with E-state index in [1.165, 1.54) is 4.88 Å². The van der Waals surface area contributed by atoms with Crippen LogP contribution in [-0.2, 0) is 13.1 Å². The lowest BCUT2D eigenvalue weighted by atomic mass is 10.4. The minimum atomic E-state index is 0. The zero-order chi connectivity index (χ0) is 14.2. The number of hydrogen-bond donors (Lipinski definition) is 2. The molecule has 0 aliphatic carbocycles. The van der Waals surface area contributed by atoms with Crippen molar-refractivity contribution in [3.05, 3.63) is 34.5 Å². The summed E-state index contributed by atoms with van der Waals surface area (Å²) in [6, 6.07) is 1.94. The highest BCUT2D eigenvalue weighted by Gasteiger charge is 2.00. The number of nitrogens with zero attached hydrogens (tertiary/aromatic N) is 4. The van der Waals surface area contributed by atoms with Crippen molar-refractivity contribution in [3.8, 4) is 0 Å². The van der Waals surface area contributed by atoms with Gasteiger partial charge in [0.15, 0.2) is 5.96 Å². The molecule has 0 fully saturated rings. The summed E-state index contributed by atoms with van der Waals surface area (Å²) in [5.41, 5.74) is 0. The molecule has 0 bridgehead atoms. The van der Waals surface area contributed by atoms with Crippen LogP contribution in [-0.4, -0.2) is 34.3 Å². The van der Waals surface area contributed by atoms with Crippen LogP contribution in [0, 0.1) is 6.92 Å². The Hall–Kier alpha value is -1.16. The fourth-order valence-electron chi connectivity index (χ4n) is 1.76. The Morgan fingerprint density at radius 3 is 2.90 bits per heavy atom. The van der Waals surface area contributed by atoms with E-state index in [1.807, 2.05) is 30.1 Å². The van der Waals surface area contributed by atoms with Crippen molar-refractivity contribution >= 4 is 41.3 Å². The number of thiazole rings is 1. The normalized spacial score (nSPS) is 11.0. The van der Waals surface area contributed by atoms with E-state index >= 15 is 0 Å². The first-order chi connectivity index (χ1) is 9.78. The van der Waals surface area contributed by atoms with Gasteiger partial charge in [0.05, 0.1) is 11.6 Å². The molecule has 2 N–H and O–H groups in total. The maximum Gasteiger partial charge on any atom is 0.191 e. The monoisotopic (exact) mass is 420 g/mol. The number of halogens is 1. The van der Waals surface area contributed by atoms with E-state index in [2.05, 4.69) is 25.7 Å². The summed E-state index contributed by atoms with van der Waals surface area (Å²) in [4.78, 5) is 9.64. The van der Waals surface area contributed by atoms with E-state index < -0.39 is 0 Å². The molecule has 0 aliphatic rings. The van der Waals surface area contributed by atoms with Crippen LogP contribution in [0.2, 0.25) is 0 Å². The highest BCUT2D eigenvalue weighted by Crippen LogP contribution is 2.10. The molecule has 8 heteroatoms. The van der Waals surface area contributed by atoms with Gasteiger partial charge in [-0.25, -0.2) is 4.98 Å². The van der Waals surface area contributed by atoms with Crippen molar-refractivity contribution in [1.29, 1.82) is 0 Å². The number of aliphatic imine (C=N–C) groups is 1. The molecule has 6 nitrogen and oxygen atoms in total. The van der Waals surface area contributed by atoms with Gasteiger partial charge in [-0.1, -0.05) is 0 Å². The zero-order valence-electron chi connectivity index (χ0n) is 12.2.